The highest BCUT2D eigenvalue weighted by molar-refractivity contribution is 5.96. The van der Waals surface area contributed by atoms with Crippen molar-refractivity contribution >= 4 is 17.6 Å². The van der Waals surface area contributed by atoms with E-state index in [4.69, 9.17) is 9.47 Å². The molecule has 1 N–H and O–H groups in total. The van der Waals surface area contributed by atoms with Crippen molar-refractivity contribution in [1.29, 1.82) is 0 Å². The number of likely N-dealkylation sites (tertiary alicyclic amines) is 2. The van der Waals surface area contributed by atoms with Crippen LogP contribution in [0.15, 0.2) is 36.5 Å². The second-order valence-corrected chi connectivity index (χ2v) is 8.32. The Bertz CT molecular complexity index is 974. The molecule has 1 aromatic carbocycles. The molecule has 3 heterocycles. The van der Waals surface area contributed by atoms with E-state index in [1.165, 1.54) is 0 Å². The zero-order valence-corrected chi connectivity index (χ0v) is 18.7. The maximum atomic E-state index is 13.0. The van der Waals surface area contributed by atoms with Gasteiger partial charge in [0.05, 0.1) is 19.3 Å². The van der Waals surface area contributed by atoms with Crippen LogP contribution in [0.4, 0.5) is 10.5 Å². The fraction of sp³-hybridized carbons (Fsp3) is 0.458. The van der Waals surface area contributed by atoms with Gasteiger partial charge >= 0.3 is 6.03 Å². The topological polar surface area (TPSA) is 84.0 Å². The van der Waals surface area contributed by atoms with Crippen LogP contribution in [-0.4, -0.2) is 66.1 Å². The molecule has 0 aliphatic carbocycles. The molecular formula is C24H30N4O4. The molecule has 2 aromatic rings. The maximum Gasteiger partial charge on any atom is 0.322 e. The number of hydrogen-bond donors (Lipinski definition) is 1. The molecule has 1 atom stereocenters. The van der Waals surface area contributed by atoms with Gasteiger partial charge in [0, 0.05) is 32.3 Å². The third-order valence-corrected chi connectivity index (χ3v) is 5.95. The number of pyridine rings is 1. The van der Waals surface area contributed by atoms with Crippen molar-refractivity contribution in [1.82, 2.24) is 14.8 Å². The summed E-state index contributed by atoms with van der Waals surface area (Å²) in [6.45, 7) is 4.49. The van der Waals surface area contributed by atoms with Crippen LogP contribution < -0.4 is 14.8 Å². The first-order chi connectivity index (χ1) is 15.5. The lowest BCUT2D eigenvalue weighted by Crippen LogP contribution is -2.36. The first kappa shape index (κ1) is 21.9. The molecule has 0 radical (unpaired) electrons. The van der Waals surface area contributed by atoms with Gasteiger partial charge in [-0.05, 0) is 56.0 Å². The molecule has 2 aliphatic heterocycles. The Hall–Kier alpha value is -3.29. The third-order valence-electron chi connectivity index (χ3n) is 5.95. The van der Waals surface area contributed by atoms with E-state index in [1.807, 2.05) is 30.0 Å². The first-order valence-electron chi connectivity index (χ1n) is 11.2. The van der Waals surface area contributed by atoms with Gasteiger partial charge in [-0.25, -0.2) is 9.78 Å². The lowest BCUT2D eigenvalue weighted by Gasteiger charge is -2.27. The van der Waals surface area contributed by atoms with Crippen LogP contribution in [0.2, 0.25) is 0 Å². The number of carbonyl (C=O) groups excluding carboxylic acids is 2. The number of nitrogens with zero attached hydrogens (tertiary/aromatic N) is 3. The van der Waals surface area contributed by atoms with Crippen molar-refractivity contribution < 1.29 is 19.1 Å². The molecule has 1 unspecified atom stereocenters. The number of urea groups is 1. The number of piperidine rings is 1. The Kier molecular flexibility index (Phi) is 6.78. The van der Waals surface area contributed by atoms with Crippen molar-refractivity contribution in [3.63, 3.8) is 0 Å². The number of hydrogen-bond acceptors (Lipinski definition) is 5. The molecule has 8 heteroatoms. The molecule has 2 aliphatic rings. The van der Waals surface area contributed by atoms with Crippen molar-refractivity contribution in [2.24, 2.45) is 0 Å². The van der Waals surface area contributed by atoms with E-state index in [1.54, 1.807) is 30.3 Å². The van der Waals surface area contributed by atoms with Gasteiger partial charge in [-0.15, -0.1) is 0 Å². The molecule has 4 rings (SSSR count). The number of rotatable bonds is 5. The molecule has 0 saturated carbocycles. The van der Waals surface area contributed by atoms with Crippen molar-refractivity contribution in [2.45, 2.75) is 38.7 Å². The van der Waals surface area contributed by atoms with Gasteiger partial charge in [-0.1, -0.05) is 6.07 Å². The standard InChI is InChI=1S/C24H30N4O4/c1-17-8-9-21(31-2)20(15-17)26-24(30)28-14-10-18(16-28)32-22-19(7-6-11-25-22)23(29)27-12-4-3-5-13-27/h6-9,11,15,18H,3-5,10,12-14,16H2,1-2H3,(H,26,30). The highest BCUT2D eigenvalue weighted by Crippen LogP contribution is 2.27. The van der Waals surface area contributed by atoms with E-state index >= 15 is 0 Å². The lowest BCUT2D eigenvalue weighted by atomic mass is 10.1. The van der Waals surface area contributed by atoms with E-state index in [9.17, 15) is 9.59 Å². The summed E-state index contributed by atoms with van der Waals surface area (Å²) in [5.74, 6) is 0.924. The van der Waals surface area contributed by atoms with Gasteiger partial charge in [-0.2, -0.15) is 0 Å². The Morgan fingerprint density at radius 3 is 2.69 bits per heavy atom. The third kappa shape index (κ3) is 4.95. The van der Waals surface area contributed by atoms with Crippen LogP contribution in [0.3, 0.4) is 0 Å². The SMILES string of the molecule is COc1ccc(C)cc1NC(=O)N1CCC(Oc2ncccc2C(=O)N2CCCCC2)C1. The zero-order chi connectivity index (χ0) is 22.5. The monoisotopic (exact) mass is 438 g/mol. The molecule has 3 amide bonds. The summed E-state index contributed by atoms with van der Waals surface area (Å²) in [6, 6.07) is 8.97. The normalized spacial score (nSPS) is 18.4. The second-order valence-electron chi connectivity index (χ2n) is 8.32. The van der Waals surface area contributed by atoms with Gasteiger partial charge in [0.25, 0.3) is 5.91 Å². The van der Waals surface area contributed by atoms with E-state index in [0.29, 0.717) is 42.4 Å². The molecule has 1 aromatic heterocycles. The number of nitrogens with one attached hydrogen (secondary N) is 1. The quantitative estimate of drug-likeness (QED) is 0.769. The Morgan fingerprint density at radius 2 is 1.91 bits per heavy atom. The van der Waals surface area contributed by atoms with E-state index in [2.05, 4.69) is 10.3 Å². The highest BCUT2D eigenvalue weighted by atomic mass is 16.5. The summed E-state index contributed by atoms with van der Waals surface area (Å²) in [4.78, 5) is 33.7. The molecule has 8 nitrogen and oxygen atoms in total. The van der Waals surface area contributed by atoms with Crippen LogP contribution >= 0.6 is 0 Å². The minimum absolute atomic E-state index is 0.0352. The van der Waals surface area contributed by atoms with Gasteiger partial charge in [0.2, 0.25) is 5.88 Å². The van der Waals surface area contributed by atoms with Gasteiger partial charge in [0.1, 0.15) is 17.4 Å². The minimum Gasteiger partial charge on any atom is -0.495 e. The number of aromatic nitrogens is 1. The van der Waals surface area contributed by atoms with Crippen molar-refractivity contribution in [3.8, 4) is 11.6 Å². The summed E-state index contributed by atoms with van der Waals surface area (Å²) in [5, 5.41) is 2.93. The van der Waals surface area contributed by atoms with Crippen molar-refractivity contribution in [2.75, 3.05) is 38.6 Å². The van der Waals surface area contributed by atoms with Gasteiger partial charge < -0.3 is 24.6 Å². The summed E-state index contributed by atoms with van der Waals surface area (Å²) in [6.07, 6.45) is 5.30. The summed E-state index contributed by atoms with van der Waals surface area (Å²) >= 11 is 0. The Labute approximate surface area is 188 Å². The number of amides is 3. The number of anilines is 1. The van der Waals surface area contributed by atoms with E-state index < -0.39 is 0 Å². The van der Waals surface area contributed by atoms with Crippen LogP contribution in [0.25, 0.3) is 0 Å². The van der Waals surface area contributed by atoms with Gasteiger partial charge in [-0.3, -0.25) is 4.79 Å². The molecule has 2 fully saturated rings. The number of methoxy groups -OCH3 is 1. The molecule has 0 bridgehead atoms. The van der Waals surface area contributed by atoms with Crippen LogP contribution in [0, 0.1) is 6.92 Å². The predicted octanol–water partition coefficient (Wildman–Crippen LogP) is 3.71. The highest BCUT2D eigenvalue weighted by Gasteiger charge is 2.30. The maximum absolute atomic E-state index is 13.0. The number of benzene rings is 1. The number of aryl methyl sites for hydroxylation is 1. The van der Waals surface area contributed by atoms with Crippen molar-refractivity contribution in [3.05, 3.63) is 47.7 Å². The summed E-state index contributed by atoms with van der Waals surface area (Å²) < 4.78 is 11.5. The molecule has 0 spiro atoms. The van der Waals surface area contributed by atoms with E-state index in [-0.39, 0.29) is 18.0 Å². The molecule has 32 heavy (non-hydrogen) atoms. The predicted molar refractivity (Wildman–Crippen MR) is 121 cm³/mol. The fourth-order valence-corrected chi connectivity index (χ4v) is 4.20. The van der Waals surface area contributed by atoms with Crippen LogP contribution in [-0.2, 0) is 0 Å². The average molecular weight is 439 g/mol. The second kappa shape index (κ2) is 9.89. The fourth-order valence-electron chi connectivity index (χ4n) is 4.20. The Morgan fingerprint density at radius 1 is 1.09 bits per heavy atom. The minimum atomic E-state index is -0.219. The summed E-state index contributed by atoms with van der Waals surface area (Å²) in [7, 11) is 1.58. The molecular weight excluding hydrogens is 408 g/mol. The molecule has 2 saturated heterocycles. The molecule has 170 valence electrons. The summed E-state index contributed by atoms with van der Waals surface area (Å²) in [5.41, 5.74) is 2.16. The largest absolute Gasteiger partial charge is 0.495 e. The smallest absolute Gasteiger partial charge is 0.322 e. The Balaban J connectivity index is 1.39. The lowest BCUT2D eigenvalue weighted by molar-refractivity contribution is 0.0715. The zero-order valence-electron chi connectivity index (χ0n) is 18.7. The average Bonchev–Trinajstić information content (AvgIpc) is 3.28. The van der Waals surface area contributed by atoms with Crippen LogP contribution in [0.5, 0.6) is 11.6 Å². The van der Waals surface area contributed by atoms with Crippen LogP contribution in [0.1, 0.15) is 41.6 Å². The first-order valence-corrected chi connectivity index (χ1v) is 11.2. The van der Waals surface area contributed by atoms with Gasteiger partial charge in [0.15, 0.2) is 0 Å². The number of ether oxygens (including phenoxy) is 2. The van der Waals surface area contributed by atoms with E-state index in [0.717, 1.165) is 37.9 Å². The number of carbonyl (C=O) groups is 2.